The minimum atomic E-state index is -4.61. The van der Waals surface area contributed by atoms with Gasteiger partial charge in [-0.2, -0.15) is 13.2 Å². The molecule has 0 aliphatic carbocycles. The van der Waals surface area contributed by atoms with Crippen LogP contribution in [0.4, 0.5) is 23.2 Å². The zero-order chi connectivity index (χ0) is 27.2. The van der Waals surface area contributed by atoms with Crippen LogP contribution < -0.4 is 11.1 Å². The molecular weight excluding hydrogens is 514 g/mol. The second-order valence-corrected chi connectivity index (χ2v) is 11.2. The summed E-state index contributed by atoms with van der Waals surface area (Å²) in [6.45, 7) is 2.78. The van der Waals surface area contributed by atoms with Crippen LogP contribution in [0.3, 0.4) is 0 Å². The molecule has 3 heterocycles. The van der Waals surface area contributed by atoms with Gasteiger partial charge in [0.05, 0.1) is 17.0 Å². The first-order valence-electron chi connectivity index (χ1n) is 10.8. The van der Waals surface area contributed by atoms with Crippen molar-refractivity contribution in [3.63, 3.8) is 0 Å². The van der Waals surface area contributed by atoms with E-state index in [1.165, 1.54) is 38.2 Å². The normalized spacial score (nSPS) is 23.2. The maximum absolute atomic E-state index is 15.0. The Bertz CT molecular complexity index is 1500. The standard InChI is InChI=1S/C24H21F4N5O3S/c1-22(13-37(35,36)23(2,21(29)33-22)19-5-3-4-10-30-19)16-11-15(7-8-17(16)25)32-20(34)18-9-6-14(12-31-18)24(26,27)28/h3-12H,13H2,1-2H3,(H2,29,33)(H,32,34)/t22-,23?/m0/s1. The van der Waals surface area contributed by atoms with E-state index in [2.05, 4.69) is 20.3 Å². The van der Waals surface area contributed by atoms with Gasteiger partial charge in [-0.15, -0.1) is 0 Å². The third-order valence-electron chi connectivity index (χ3n) is 6.23. The smallest absolute Gasteiger partial charge is 0.386 e. The van der Waals surface area contributed by atoms with Crippen LogP contribution in [0.15, 0.2) is 65.9 Å². The molecule has 4 rings (SSSR count). The highest BCUT2D eigenvalue weighted by molar-refractivity contribution is 7.93. The number of hydrogen-bond donors (Lipinski definition) is 2. The zero-order valence-corrected chi connectivity index (χ0v) is 20.4. The number of nitrogens with two attached hydrogens (primary N) is 1. The summed E-state index contributed by atoms with van der Waals surface area (Å²) >= 11 is 0. The molecule has 1 amide bonds. The summed E-state index contributed by atoms with van der Waals surface area (Å²) in [5.74, 6) is -2.52. The minimum absolute atomic E-state index is 0.0496. The molecule has 0 fully saturated rings. The first-order chi connectivity index (χ1) is 17.2. The molecular formula is C24H21F4N5O3S. The molecule has 0 bridgehead atoms. The fourth-order valence-corrected chi connectivity index (χ4v) is 6.11. The van der Waals surface area contributed by atoms with E-state index < -0.39 is 49.3 Å². The van der Waals surface area contributed by atoms with Crippen molar-refractivity contribution in [3.05, 3.63) is 89.3 Å². The Morgan fingerprint density at radius 3 is 2.38 bits per heavy atom. The largest absolute Gasteiger partial charge is 0.417 e. The van der Waals surface area contributed by atoms with Crippen molar-refractivity contribution in [3.8, 4) is 0 Å². The number of aliphatic imine (C=N–C) groups is 1. The van der Waals surface area contributed by atoms with Gasteiger partial charge in [0.15, 0.2) is 14.6 Å². The monoisotopic (exact) mass is 535 g/mol. The third-order valence-corrected chi connectivity index (χ3v) is 8.84. The molecule has 2 atom stereocenters. The Morgan fingerprint density at radius 1 is 1.08 bits per heavy atom. The number of aromatic nitrogens is 2. The number of halogens is 4. The summed E-state index contributed by atoms with van der Waals surface area (Å²) in [4.78, 5) is 24.6. The fourth-order valence-electron chi connectivity index (χ4n) is 4.06. The first kappa shape index (κ1) is 26.2. The molecule has 0 saturated carbocycles. The van der Waals surface area contributed by atoms with Crippen LogP contribution in [0.25, 0.3) is 0 Å². The molecule has 0 radical (unpaired) electrons. The lowest BCUT2D eigenvalue weighted by molar-refractivity contribution is -0.137. The van der Waals surface area contributed by atoms with E-state index in [0.29, 0.717) is 12.3 Å². The number of rotatable bonds is 4. The van der Waals surface area contributed by atoms with Crippen molar-refractivity contribution in [2.45, 2.75) is 30.3 Å². The number of alkyl halides is 3. The SMILES string of the molecule is CC1(c2ccccn2)C(N)=N[C@](C)(c2cc(NC(=O)c3ccc(C(F)(F)F)cn3)ccc2F)CS1(=O)=O. The molecule has 3 aromatic rings. The van der Waals surface area contributed by atoms with Crippen molar-refractivity contribution in [2.24, 2.45) is 10.7 Å². The molecule has 0 spiro atoms. The zero-order valence-electron chi connectivity index (χ0n) is 19.5. The molecule has 8 nitrogen and oxygen atoms in total. The van der Waals surface area contributed by atoms with E-state index in [1.54, 1.807) is 12.1 Å². The van der Waals surface area contributed by atoms with Crippen molar-refractivity contribution in [2.75, 3.05) is 11.1 Å². The van der Waals surface area contributed by atoms with Gasteiger partial charge in [0.1, 0.15) is 22.9 Å². The van der Waals surface area contributed by atoms with Crippen LogP contribution in [0.2, 0.25) is 0 Å². The van der Waals surface area contributed by atoms with Crippen LogP contribution in [0, 0.1) is 5.82 Å². The summed E-state index contributed by atoms with van der Waals surface area (Å²) < 4.78 is 78.4. The number of pyridine rings is 2. The molecule has 0 saturated heterocycles. The molecule has 194 valence electrons. The minimum Gasteiger partial charge on any atom is -0.386 e. The van der Waals surface area contributed by atoms with Gasteiger partial charge in [0.2, 0.25) is 0 Å². The first-order valence-corrected chi connectivity index (χ1v) is 12.5. The number of amidine groups is 1. The van der Waals surface area contributed by atoms with Gasteiger partial charge in [0.25, 0.3) is 5.91 Å². The number of nitrogens with one attached hydrogen (secondary N) is 1. The van der Waals surface area contributed by atoms with Crippen molar-refractivity contribution < 1.29 is 30.8 Å². The Labute approximate surface area is 209 Å². The van der Waals surface area contributed by atoms with Gasteiger partial charge in [-0.05, 0) is 56.3 Å². The van der Waals surface area contributed by atoms with Crippen LogP contribution in [-0.4, -0.2) is 35.9 Å². The topological polar surface area (TPSA) is 127 Å². The van der Waals surface area contributed by atoms with Crippen molar-refractivity contribution in [1.29, 1.82) is 0 Å². The molecule has 2 aromatic heterocycles. The van der Waals surface area contributed by atoms with E-state index in [0.717, 1.165) is 12.1 Å². The van der Waals surface area contributed by atoms with Crippen LogP contribution in [0.5, 0.6) is 0 Å². The molecule has 1 aliphatic rings. The highest BCUT2D eigenvalue weighted by Gasteiger charge is 2.54. The van der Waals surface area contributed by atoms with Gasteiger partial charge < -0.3 is 11.1 Å². The highest BCUT2D eigenvalue weighted by Crippen LogP contribution is 2.42. The van der Waals surface area contributed by atoms with Gasteiger partial charge in [-0.25, -0.2) is 12.8 Å². The van der Waals surface area contributed by atoms with Crippen LogP contribution >= 0.6 is 0 Å². The highest BCUT2D eigenvalue weighted by atomic mass is 32.2. The van der Waals surface area contributed by atoms with Crippen LogP contribution in [-0.2, 0) is 26.3 Å². The molecule has 1 aliphatic heterocycles. The number of anilines is 1. The Morgan fingerprint density at radius 2 is 1.81 bits per heavy atom. The average molecular weight is 536 g/mol. The lowest BCUT2D eigenvalue weighted by Crippen LogP contribution is -2.55. The predicted molar refractivity (Wildman–Crippen MR) is 128 cm³/mol. The van der Waals surface area contributed by atoms with E-state index in [9.17, 15) is 30.8 Å². The molecule has 1 unspecified atom stereocenters. The molecule has 37 heavy (non-hydrogen) atoms. The van der Waals surface area contributed by atoms with Gasteiger partial charge >= 0.3 is 6.18 Å². The quantitative estimate of drug-likeness (QED) is 0.490. The maximum Gasteiger partial charge on any atom is 0.417 e. The summed E-state index contributed by atoms with van der Waals surface area (Å²) in [5.41, 5.74) is 3.27. The van der Waals surface area contributed by atoms with E-state index >= 15 is 0 Å². The van der Waals surface area contributed by atoms with Gasteiger partial charge in [-0.3, -0.25) is 19.8 Å². The predicted octanol–water partition coefficient (Wildman–Crippen LogP) is 3.80. The summed E-state index contributed by atoms with van der Waals surface area (Å²) in [6, 6.07) is 9.79. The number of carbonyl (C=O) groups is 1. The molecule has 3 N–H and O–H groups in total. The van der Waals surface area contributed by atoms with E-state index in [-0.39, 0.29) is 28.5 Å². The van der Waals surface area contributed by atoms with Gasteiger partial charge in [-0.1, -0.05) is 6.07 Å². The molecule has 13 heteroatoms. The lowest BCUT2D eigenvalue weighted by atomic mass is 9.92. The molecule has 1 aromatic carbocycles. The summed E-state index contributed by atoms with van der Waals surface area (Å²) in [5, 5.41) is 2.43. The van der Waals surface area contributed by atoms with E-state index in [4.69, 9.17) is 5.73 Å². The van der Waals surface area contributed by atoms with Gasteiger partial charge in [0, 0.05) is 23.6 Å². The number of amides is 1. The number of carbonyl (C=O) groups excluding carboxylic acids is 1. The fraction of sp³-hybridized carbons (Fsp3) is 0.250. The lowest BCUT2D eigenvalue weighted by Gasteiger charge is -2.39. The Balaban J connectivity index is 1.68. The summed E-state index contributed by atoms with van der Waals surface area (Å²) in [6.07, 6.45) is -2.66. The third kappa shape index (κ3) is 4.66. The van der Waals surface area contributed by atoms with Crippen molar-refractivity contribution >= 4 is 27.3 Å². The Kier molecular flexibility index (Phi) is 6.31. The van der Waals surface area contributed by atoms with E-state index in [1.807, 2.05) is 0 Å². The van der Waals surface area contributed by atoms with Crippen LogP contribution in [0.1, 0.15) is 41.2 Å². The maximum atomic E-state index is 15.0. The number of sulfone groups is 1. The Hall–Kier alpha value is -3.87. The summed E-state index contributed by atoms with van der Waals surface area (Å²) in [7, 11) is -4.07. The van der Waals surface area contributed by atoms with Crippen molar-refractivity contribution in [1.82, 2.24) is 9.97 Å². The number of nitrogens with zero attached hydrogens (tertiary/aromatic N) is 3. The second kappa shape index (κ2) is 8.91. The average Bonchev–Trinajstić information content (AvgIpc) is 2.83. The number of hydrogen-bond acceptors (Lipinski definition) is 7. The number of benzene rings is 1. The second-order valence-electron chi connectivity index (χ2n) is 8.86.